The Hall–Kier alpha value is -3.01. The summed E-state index contributed by atoms with van der Waals surface area (Å²) in [6.45, 7) is 5.17. The van der Waals surface area contributed by atoms with Crippen molar-refractivity contribution in [3.8, 4) is 22.3 Å². The summed E-state index contributed by atoms with van der Waals surface area (Å²) in [7, 11) is 2.09. The van der Waals surface area contributed by atoms with Crippen LogP contribution < -0.4 is 5.32 Å². The summed E-state index contributed by atoms with van der Waals surface area (Å²) in [5, 5.41) is 7.89. The number of rotatable bonds is 5. The summed E-state index contributed by atoms with van der Waals surface area (Å²) in [5.74, 6) is 0. The largest absolute Gasteiger partial charge is 0.366 e. The van der Waals surface area contributed by atoms with Crippen molar-refractivity contribution in [2.24, 2.45) is 7.05 Å². The Morgan fingerprint density at radius 1 is 0.935 bits per heavy atom. The zero-order chi connectivity index (χ0) is 21.5. The average molecular weight is 428 g/mol. The van der Waals surface area contributed by atoms with E-state index >= 15 is 0 Å². The van der Waals surface area contributed by atoms with Crippen molar-refractivity contribution in [3.63, 3.8) is 0 Å². The molecule has 0 aliphatic carbocycles. The third kappa shape index (κ3) is 3.54. The van der Waals surface area contributed by atoms with Crippen molar-refractivity contribution < 1.29 is 0 Å². The highest BCUT2D eigenvalue weighted by molar-refractivity contribution is 6.35. The molecule has 0 atom stereocenters. The molecule has 3 nitrogen and oxygen atoms in total. The molecule has 0 amide bonds. The summed E-state index contributed by atoms with van der Waals surface area (Å²) >= 11 is 6.82. The van der Waals surface area contributed by atoms with Crippen LogP contribution in [0.1, 0.15) is 19.4 Å². The van der Waals surface area contributed by atoms with Crippen LogP contribution in [0.5, 0.6) is 0 Å². The highest BCUT2D eigenvalue weighted by atomic mass is 35.5. The Balaban J connectivity index is 1.71. The first kappa shape index (κ1) is 19.9. The van der Waals surface area contributed by atoms with E-state index in [1.54, 1.807) is 0 Å². The molecule has 156 valence electrons. The molecule has 5 rings (SSSR count). The maximum absolute atomic E-state index is 6.82. The molecular formula is C27H26ClN3. The third-order valence-electron chi connectivity index (χ3n) is 5.95. The van der Waals surface area contributed by atoms with E-state index in [-0.39, 0.29) is 0 Å². The normalized spacial score (nSPS) is 11.8. The van der Waals surface area contributed by atoms with Gasteiger partial charge in [-0.05, 0) is 34.5 Å². The highest BCUT2D eigenvalue weighted by Crippen LogP contribution is 2.42. The summed E-state index contributed by atoms with van der Waals surface area (Å²) < 4.78 is 2.18. The molecule has 5 aromatic rings. The number of fused-ring (bicyclic) bond motifs is 2. The topological polar surface area (TPSA) is 32.8 Å². The molecule has 0 bridgehead atoms. The molecule has 0 unspecified atom stereocenters. The molecule has 0 saturated carbocycles. The Kier molecular flexibility index (Phi) is 5.09. The van der Waals surface area contributed by atoms with Gasteiger partial charge in [-0.3, -0.25) is 0 Å². The molecule has 3 aromatic carbocycles. The third-order valence-corrected chi connectivity index (χ3v) is 6.27. The predicted molar refractivity (Wildman–Crippen MR) is 133 cm³/mol. The summed E-state index contributed by atoms with van der Waals surface area (Å²) in [4.78, 5) is 3.34. The molecule has 2 aromatic heterocycles. The van der Waals surface area contributed by atoms with Gasteiger partial charge < -0.3 is 14.9 Å². The molecule has 4 heteroatoms. The summed E-state index contributed by atoms with van der Waals surface area (Å²) in [5.41, 5.74) is 7.05. The second-order valence-corrected chi connectivity index (χ2v) is 8.87. The maximum Gasteiger partial charge on any atom is 0.0491 e. The highest BCUT2D eigenvalue weighted by Gasteiger charge is 2.18. The number of nitrogens with zero attached hydrogens (tertiary/aromatic N) is 1. The smallest absolute Gasteiger partial charge is 0.0491 e. The minimum Gasteiger partial charge on any atom is -0.366 e. The molecular weight excluding hydrogens is 402 g/mol. The van der Waals surface area contributed by atoms with E-state index in [1.807, 2.05) is 6.07 Å². The minimum absolute atomic E-state index is 0.442. The lowest BCUT2D eigenvalue weighted by Gasteiger charge is -2.13. The van der Waals surface area contributed by atoms with E-state index in [1.165, 1.54) is 32.8 Å². The van der Waals surface area contributed by atoms with Gasteiger partial charge in [0.05, 0.1) is 0 Å². The second-order valence-electron chi connectivity index (χ2n) is 8.47. The Morgan fingerprint density at radius 2 is 1.71 bits per heavy atom. The van der Waals surface area contributed by atoms with Gasteiger partial charge in [-0.25, -0.2) is 0 Å². The van der Waals surface area contributed by atoms with Crippen molar-refractivity contribution in [2.75, 3.05) is 0 Å². The SMILES string of the molecule is CC(C)NCc1ccc2ccc(Cl)c(-c3c[nH]cc3-c3cn(C)c4ccccc34)c2c1. The lowest BCUT2D eigenvalue weighted by Crippen LogP contribution is -2.21. The van der Waals surface area contributed by atoms with Crippen molar-refractivity contribution in [1.82, 2.24) is 14.9 Å². The van der Waals surface area contributed by atoms with Crippen LogP contribution >= 0.6 is 11.6 Å². The first-order chi connectivity index (χ1) is 15.0. The lowest BCUT2D eigenvalue weighted by atomic mass is 9.93. The number of aromatic amines is 1. The second kappa shape index (κ2) is 7.92. The van der Waals surface area contributed by atoms with Crippen LogP contribution in [0, 0.1) is 0 Å². The number of aryl methyl sites for hydroxylation is 1. The van der Waals surface area contributed by atoms with Gasteiger partial charge in [0.2, 0.25) is 0 Å². The molecule has 31 heavy (non-hydrogen) atoms. The molecule has 0 aliphatic heterocycles. The first-order valence-electron chi connectivity index (χ1n) is 10.7. The van der Waals surface area contributed by atoms with Crippen LogP contribution in [0.25, 0.3) is 43.9 Å². The number of benzene rings is 3. The Morgan fingerprint density at radius 3 is 2.55 bits per heavy atom. The fraction of sp³-hybridized carbons (Fsp3) is 0.185. The molecule has 0 fully saturated rings. The van der Waals surface area contributed by atoms with Gasteiger partial charge in [-0.2, -0.15) is 0 Å². The van der Waals surface area contributed by atoms with E-state index in [0.717, 1.165) is 28.3 Å². The number of H-pyrrole nitrogens is 1. The Bertz CT molecular complexity index is 1390. The number of nitrogens with one attached hydrogen (secondary N) is 2. The number of hydrogen-bond acceptors (Lipinski definition) is 1. The molecule has 0 radical (unpaired) electrons. The fourth-order valence-electron chi connectivity index (χ4n) is 4.40. The van der Waals surface area contributed by atoms with Gasteiger partial charge in [0.15, 0.2) is 0 Å². The van der Waals surface area contributed by atoms with Crippen LogP contribution in [0.3, 0.4) is 0 Å². The molecule has 2 N–H and O–H groups in total. The number of hydrogen-bond donors (Lipinski definition) is 2. The van der Waals surface area contributed by atoms with Crippen LogP contribution in [0.2, 0.25) is 5.02 Å². The number of aromatic nitrogens is 2. The zero-order valence-electron chi connectivity index (χ0n) is 18.0. The molecule has 0 spiro atoms. The molecule has 0 aliphatic rings. The van der Waals surface area contributed by atoms with Crippen LogP contribution in [-0.4, -0.2) is 15.6 Å². The van der Waals surface area contributed by atoms with Crippen molar-refractivity contribution in [3.05, 3.63) is 83.8 Å². The molecule has 2 heterocycles. The quantitative estimate of drug-likeness (QED) is 0.307. The van der Waals surface area contributed by atoms with Crippen molar-refractivity contribution in [2.45, 2.75) is 26.4 Å². The van der Waals surface area contributed by atoms with Gasteiger partial charge >= 0.3 is 0 Å². The van der Waals surface area contributed by atoms with E-state index in [2.05, 4.69) is 103 Å². The summed E-state index contributed by atoms with van der Waals surface area (Å²) in [6, 6.07) is 19.7. The van der Waals surface area contributed by atoms with Gasteiger partial charge in [0, 0.05) is 76.4 Å². The number of para-hydroxylation sites is 1. The lowest BCUT2D eigenvalue weighted by molar-refractivity contribution is 0.589. The van der Waals surface area contributed by atoms with E-state index in [0.29, 0.717) is 6.04 Å². The Labute approximate surface area is 187 Å². The monoisotopic (exact) mass is 427 g/mol. The van der Waals surface area contributed by atoms with Gasteiger partial charge in [0.25, 0.3) is 0 Å². The van der Waals surface area contributed by atoms with Crippen molar-refractivity contribution in [1.29, 1.82) is 0 Å². The van der Waals surface area contributed by atoms with Crippen molar-refractivity contribution >= 4 is 33.3 Å². The zero-order valence-corrected chi connectivity index (χ0v) is 18.8. The maximum atomic E-state index is 6.82. The van der Waals surface area contributed by atoms with Crippen LogP contribution in [-0.2, 0) is 13.6 Å². The number of halogens is 1. The van der Waals surface area contributed by atoms with Gasteiger partial charge in [-0.15, -0.1) is 0 Å². The van der Waals surface area contributed by atoms with E-state index in [9.17, 15) is 0 Å². The van der Waals surface area contributed by atoms with Gasteiger partial charge in [0.1, 0.15) is 0 Å². The fourth-order valence-corrected chi connectivity index (χ4v) is 4.66. The minimum atomic E-state index is 0.442. The van der Waals surface area contributed by atoms with E-state index < -0.39 is 0 Å². The average Bonchev–Trinajstić information content (AvgIpc) is 3.37. The van der Waals surface area contributed by atoms with Crippen LogP contribution in [0.15, 0.2) is 73.2 Å². The first-order valence-corrected chi connectivity index (χ1v) is 11.1. The predicted octanol–water partition coefficient (Wildman–Crippen LogP) is 7.15. The standard InChI is InChI=1S/C27H26ClN3/c1-17(2)30-13-18-8-9-19-10-11-25(28)27(21(19)12-18)23-15-29-14-22(23)24-16-31(3)26-7-5-4-6-20(24)26/h4-12,14-17,29-30H,13H2,1-3H3. The van der Waals surface area contributed by atoms with Gasteiger partial charge in [-0.1, -0.05) is 61.8 Å². The van der Waals surface area contributed by atoms with E-state index in [4.69, 9.17) is 11.6 Å². The molecule has 0 saturated heterocycles. The summed E-state index contributed by atoms with van der Waals surface area (Å²) in [6.07, 6.45) is 6.35. The van der Waals surface area contributed by atoms with Crippen LogP contribution in [0.4, 0.5) is 0 Å².